The topological polar surface area (TPSA) is 66.0 Å². The number of halogens is 1. The summed E-state index contributed by atoms with van der Waals surface area (Å²) in [5.74, 6) is 0.553. The van der Waals surface area contributed by atoms with Gasteiger partial charge < -0.3 is 15.4 Å². The van der Waals surface area contributed by atoms with Crippen LogP contribution in [0.5, 0.6) is 0 Å². The summed E-state index contributed by atoms with van der Waals surface area (Å²) < 4.78 is 4.66. The van der Waals surface area contributed by atoms with Gasteiger partial charge in [-0.1, -0.05) is 30.3 Å². The monoisotopic (exact) mass is 488 g/mol. The Morgan fingerprint density at radius 1 is 1.33 bits per heavy atom. The number of benzene rings is 1. The predicted octanol–water partition coefficient (Wildman–Crippen LogP) is 2.78. The molecular formula is C20H33IN4O2. The number of hydrogen-bond donors (Lipinski definition) is 2. The summed E-state index contributed by atoms with van der Waals surface area (Å²) in [5, 5.41) is 6.78. The lowest BCUT2D eigenvalue weighted by Gasteiger charge is -2.38. The van der Waals surface area contributed by atoms with Crippen molar-refractivity contribution in [3.63, 3.8) is 0 Å². The van der Waals surface area contributed by atoms with Gasteiger partial charge in [-0.15, -0.1) is 24.0 Å². The normalized spacial score (nSPS) is 20.5. The Kier molecular flexibility index (Phi) is 11.3. The third-order valence-corrected chi connectivity index (χ3v) is 4.74. The van der Waals surface area contributed by atoms with Crippen molar-refractivity contribution in [1.29, 1.82) is 0 Å². The molecule has 0 radical (unpaired) electrons. The molecule has 0 saturated carbocycles. The van der Waals surface area contributed by atoms with Crippen molar-refractivity contribution >= 4 is 35.9 Å². The van der Waals surface area contributed by atoms with Gasteiger partial charge >= 0.3 is 5.97 Å². The molecule has 0 aliphatic carbocycles. The number of ether oxygens (including phenoxy) is 1. The summed E-state index contributed by atoms with van der Waals surface area (Å²) in [6.45, 7) is 7.63. The summed E-state index contributed by atoms with van der Waals surface area (Å²) >= 11 is 0. The highest BCUT2D eigenvalue weighted by Gasteiger charge is 2.25. The first-order chi connectivity index (χ1) is 12.6. The van der Waals surface area contributed by atoms with Gasteiger partial charge in [-0.25, -0.2) is 0 Å². The highest BCUT2D eigenvalue weighted by Crippen LogP contribution is 2.19. The van der Waals surface area contributed by atoms with E-state index in [1.165, 1.54) is 12.7 Å². The number of piperidine rings is 1. The SMILES string of the molecule is CCNC(=NCCC(=O)OC)NC1CCN(Cc2ccccc2)C(C)C1.I. The zero-order valence-corrected chi connectivity index (χ0v) is 18.9. The maximum absolute atomic E-state index is 11.2. The van der Waals surface area contributed by atoms with Gasteiger partial charge in [0.25, 0.3) is 0 Å². The number of rotatable bonds is 7. The first-order valence-electron chi connectivity index (χ1n) is 9.52. The molecule has 27 heavy (non-hydrogen) atoms. The van der Waals surface area contributed by atoms with Gasteiger partial charge in [-0.3, -0.25) is 14.7 Å². The van der Waals surface area contributed by atoms with Crippen molar-refractivity contribution < 1.29 is 9.53 Å². The third kappa shape index (κ3) is 8.47. The number of aliphatic imine (C=N–C) groups is 1. The van der Waals surface area contributed by atoms with Crippen LogP contribution in [0.15, 0.2) is 35.3 Å². The molecule has 1 saturated heterocycles. The van der Waals surface area contributed by atoms with Gasteiger partial charge in [0, 0.05) is 31.7 Å². The Bertz CT molecular complexity index is 583. The number of esters is 1. The Morgan fingerprint density at radius 2 is 2.07 bits per heavy atom. The highest BCUT2D eigenvalue weighted by atomic mass is 127. The van der Waals surface area contributed by atoms with Gasteiger partial charge in [0.2, 0.25) is 0 Å². The molecule has 1 aromatic carbocycles. The summed E-state index contributed by atoms with van der Waals surface area (Å²) in [5.41, 5.74) is 1.36. The molecule has 1 aromatic rings. The van der Waals surface area contributed by atoms with E-state index >= 15 is 0 Å². The minimum atomic E-state index is -0.229. The van der Waals surface area contributed by atoms with Crippen LogP contribution >= 0.6 is 24.0 Å². The molecule has 1 aliphatic rings. The van der Waals surface area contributed by atoms with Gasteiger partial charge in [0.05, 0.1) is 20.1 Å². The first kappa shape index (κ1) is 23.7. The van der Waals surface area contributed by atoms with E-state index in [1.54, 1.807) is 0 Å². The lowest BCUT2D eigenvalue weighted by atomic mass is 9.97. The number of hydrogen-bond acceptors (Lipinski definition) is 4. The Balaban J connectivity index is 0.00000364. The van der Waals surface area contributed by atoms with Gasteiger partial charge in [0.15, 0.2) is 5.96 Å². The Morgan fingerprint density at radius 3 is 2.70 bits per heavy atom. The van der Waals surface area contributed by atoms with Crippen LogP contribution in [0.2, 0.25) is 0 Å². The van der Waals surface area contributed by atoms with Crippen molar-refractivity contribution in [3.8, 4) is 0 Å². The molecule has 2 unspecified atom stereocenters. The van der Waals surface area contributed by atoms with E-state index in [4.69, 9.17) is 0 Å². The summed E-state index contributed by atoms with van der Waals surface area (Å²) in [7, 11) is 1.40. The van der Waals surface area contributed by atoms with Crippen LogP contribution in [-0.4, -0.2) is 55.7 Å². The van der Waals surface area contributed by atoms with Crippen LogP contribution in [0.25, 0.3) is 0 Å². The molecule has 0 amide bonds. The Hall–Kier alpha value is -1.35. The number of carbonyl (C=O) groups excluding carboxylic acids is 1. The number of methoxy groups -OCH3 is 1. The van der Waals surface area contributed by atoms with E-state index in [-0.39, 0.29) is 29.9 Å². The second kappa shape index (κ2) is 12.9. The fourth-order valence-electron chi connectivity index (χ4n) is 3.28. The van der Waals surface area contributed by atoms with E-state index in [9.17, 15) is 4.79 Å². The lowest BCUT2D eigenvalue weighted by Crippen LogP contribution is -2.51. The molecule has 0 spiro atoms. The summed E-state index contributed by atoms with van der Waals surface area (Å²) in [6, 6.07) is 11.5. The quantitative estimate of drug-likeness (QED) is 0.268. The standard InChI is InChI=1S/C20H32N4O2.HI/c1-4-21-20(22-12-10-19(25)26-3)23-18-11-13-24(16(2)14-18)15-17-8-6-5-7-9-17;/h5-9,16,18H,4,10-15H2,1-3H3,(H2,21,22,23);1H. The minimum absolute atomic E-state index is 0. The maximum atomic E-state index is 11.2. The molecule has 7 heteroatoms. The number of carbonyl (C=O) groups is 1. The Labute approximate surface area is 180 Å². The largest absolute Gasteiger partial charge is 0.469 e. The highest BCUT2D eigenvalue weighted by molar-refractivity contribution is 14.0. The molecule has 0 bridgehead atoms. The predicted molar refractivity (Wildman–Crippen MR) is 120 cm³/mol. The smallest absolute Gasteiger partial charge is 0.307 e. The first-order valence-corrected chi connectivity index (χ1v) is 9.52. The molecule has 0 aromatic heterocycles. The number of guanidine groups is 1. The third-order valence-electron chi connectivity index (χ3n) is 4.74. The summed E-state index contributed by atoms with van der Waals surface area (Å²) in [4.78, 5) is 18.3. The number of nitrogens with zero attached hydrogens (tertiary/aromatic N) is 2. The van der Waals surface area contributed by atoms with E-state index in [1.807, 2.05) is 6.92 Å². The fraction of sp³-hybridized carbons (Fsp3) is 0.600. The summed E-state index contributed by atoms with van der Waals surface area (Å²) in [6.07, 6.45) is 2.46. The molecule has 152 valence electrons. The second-order valence-electron chi connectivity index (χ2n) is 6.76. The second-order valence-corrected chi connectivity index (χ2v) is 6.76. The van der Waals surface area contributed by atoms with Crippen molar-refractivity contribution in [1.82, 2.24) is 15.5 Å². The van der Waals surface area contributed by atoms with Crippen molar-refractivity contribution in [2.75, 3.05) is 26.7 Å². The number of nitrogens with one attached hydrogen (secondary N) is 2. The number of likely N-dealkylation sites (tertiary alicyclic amines) is 1. The maximum Gasteiger partial charge on any atom is 0.307 e. The van der Waals surface area contributed by atoms with Gasteiger partial charge in [-0.2, -0.15) is 0 Å². The van der Waals surface area contributed by atoms with Crippen LogP contribution in [0, 0.1) is 0 Å². The molecule has 1 heterocycles. The van der Waals surface area contributed by atoms with Crippen molar-refractivity contribution in [2.24, 2.45) is 4.99 Å². The molecule has 1 aliphatic heterocycles. The zero-order chi connectivity index (χ0) is 18.8. The molecular weight excluding hydrogens is 455 g/mol. The molecule has 2 atom stereocenters. The minimum Gasteiger partial charge on any atom is -0.469 e. The average Bonchev–Trinajstić information content (AvgIpc) is 2.65. The van der Waals surface area contributed by atoms with E-state index in [0.29, 0.717) is 25.0 Å². The lowest BCUT2D eigenvalue weighted by molar-refractivity contribution is -0.140. The van der Waals surface area contributed by atoms with Gasteiger partial charge in [0.1, 0.15) is 0 Å². The van der Waals surface area contributed by atoms with Crippen LogP contribution in [0.4, 0.5) is 0 Å². The zero-order valence-electron chi connectivity index (χ0n) is 16.6. The van der Waals surface area contributed by atoms with Crippen LogP contribution in [0.1, 0.15) is 38.7 Å². The molecule has 1 fully saturated rings. The van der Waals surface area contributed by atoms with E-state index < -0.39 is 0 Å². The van der Waals surface area contributed by atoms with Crippen molar-refractivity contribution in [3.05, 3.63) is 35.9 Å². The van der Waals surface area contributed by atoms with Crippen LogP contribution in [-0.2, 0) is 16.1 Å². The molecule has 6 nitrogen and oxygen atoms in total. The van der Waals surface area contributed by atoms with Crippen molar-refractivity contribution in [2.45, 2.75) is 51.7 Å². The van der Waals surface area contributed by atoms with Gasteiger partial charge in [-0.05, 0) is 32.3 Å². The van der Waals surface area contributed by atoms with E-state index in [2.05, 4.69) is 62.5 Å². The average molecular weight is 488 g/mol. The van der Waals surface area contributed by atoms with E-state index in [0.717, 1.165) is 38.4 Å². The molecule has 2 rings (SSSR count). The van der Waals surface area contributed by atoms with Crippen LogP contribution in [0.3, 0.4) is 0 Å². The van der Waals surface area contributed by atoms with Crippen LogP contribution < -0.4 is 10.6 Å². The fourth-order valence-corrected chi connectivity index (χ4v) is 3.28. The molecule has 2 N–H and O–H groups in total.